The van der Waals surface area contributed by atoms with Crippen molar-refractivity contribution in [2.45, 2.75) is 62.9 Å². The highest BCUT2D eigenvalue weighted by atomic mass is 32.2. The fraction of sp³-hybridized carbons (Fsp3) is 0.706. The van der Waals surface area contributed by atoms with Crippen LogP contribution >= 0.6 is 11.8 Å². The molecule has 0 bridgehead atoms. The van der Waals surface area contributed by atoms with Gasteiger partial charge in [0.2, 0.25) is 5.91 Å². The molecule has 2 aromatic rings. The van der Waals surface area contributed by atoms with E-state index in [0.29, 0.717) is 22.1 Å². The molecule has 1 aliphatic carbocycles. The van der Waals surface area contributed by atoms with Crippen LogP contribution in [0.2, 0.25) is 0 Å². The number of hydrogen-bond acceptors (Lipinski definition) is 9. The van der Waals surface area contributed by atoms with E-state index in [1.165, 1.54) is 16.4 Å². The van der Waals surface area contributed by atoms with Crippen molar-refractivity contribution in [2.24, 2.45) is 11.7 Å². The van der Waals surface area contributed by atoms with E-state index in [9.17, 15) is 15.0 Å². The van der Waals surface area contributed by atoms with Gasteiger partial charge in [0.1, 0.15) is 6.10 Å². The van der Waals surface area contributed by atoms with Crippen LogP contribution in [0.1, 0.15) is 45.6 Å². The van der Waals surface area contributed by atoms with Crippen molar-refractivity contribution in [1.29, 1.82) is 0 Å². The van der Waals surface area contributed by atoms with Gasteiger partial charge in [0.25, 0.3) is 0 Å². The number of primary amides is 1. The number of aromatic nitrogens is 5. The number of nitrogens with one attached hydrogen (secondary N) is 1. The molecule has 0 aromatic carbocycles. The Bertz CT molecular complexity index is 830. The van der Waals surface area contributed by atoms with Crippen molar-refractivity contribution in [3.63, 3.8) is 0 Å². The van der Waals surface area contributed by atoms with Gasteiger partial charge in [0.05, 0.1) is 18.1 Å². The molecular formula is C17H27N7O3S. The van der Waals surface area contributed by atoms with Crippen LogP contribution in [0.5, 0.6) is 0 Å². The molecule has 2 aromatic heterocycles. The summed E-state index contributed by atoms with van der Waals surface area (Å²) in [5.41, 5.74) is 6.32. The van der Waals surface area contributed by atoms with Crippen molar-refractivity contribution in [1.82, 2.24) is 25.0 Å². The number of aliphatic hydroxyl groups is 2. The number of aliphatic hydroxyl groups excluding tert-OH is 2. The predicted molar refractivity (Wildman–Crippen MR) is 106 cm³/mol. The molecule has 1 saturated carbocycles. The number of carbonyl (C=O) groups excluding carboxylic acids is 1. The summed E-state index contributed by atoms with van der Waals surface area (Å²) >= 11 is 1.53. The molecule has 10 nitrogen and oxygen atoms in total. The maximum Gasteiger partial charge on any atom is 0.223 e. The Morgan fingerprint density at radius 2 is 2.07 bits per heavy atom. The average Bonchev–Trinajstić information content (AvgIpc) is 3.22. The van der Waals surface area contributed by atoms with Gasteiger partial charge in [-0.05, 0) is 19.3 Å². The molecule has 5 N–H and O–H groups in total. The van der Waals surface area contributed by atoms with E-state index in [4.69, 9.17) is 5.73 Å². The van der Waals surface area contributed by atoms with Crippen molar-refractivity contribution in [3.05, 3.63) is 0 Å². The average molecular weight is 410 g/mol. The fourth-order valence-corrected chi connectivity index (χ4v) is 4.03. The zero-order valence-corrected chi connectivity index (χ0v) is 16.9. The van der Waals surface area contributed by atoms with Gasteiger partial charge >= 0.3 is 0 Å². The maximum atomic E-state index is 11.6. The number of thioether (sulfide) groups is 1. The first-order valence-corrected chi connectivity index (χ1v) is 10.6. The molecule has 0 spiro atoms. The van der Waals surface area contributed by atoms with Gasteiger partial charge in [0, 0.05) is 12.3 Å². The smallest absolute Gasteiger partial charge is 0.223 e. The normalized spacial score (nSPS) is 24.7. The topological polar surface area (TPSA) is 152 Å². The van der Waals surface area contributed by atoms with Gasteiger partial charge in [-0.15, -0.1) is 5.10 Å². The SMILES string of the molecule is CCCCNc1nc(SCCC)nc2c1nnn2C1CC(C(N)=O)C(O)C1O. The van der Waals surface area contributed by atoms with Crippen molar-refractivity contribution >= 4 is 34.7 Å². The van der Waals surface area contributed by atoms with E-state index in [-0.39, 0.29) is 6.42 Å². The second-order valence-corrected chi connectivity index (χ2v) is 8.04. The van der Waals surface area contributed by atoms with Crippen LogP contribution in [-0.2, 0) is 4.79 Å². The van der Waals surface area contributed by atoms with Gasteiger partial charge in [-0.1, -0.05) is 37.2 Å². The number of nitrogens with two attached hydrogens (primary N) is 1. The number of anilines is 1. The number of unbranched alkanes of at least 4 members (excludes halogenated alkanes) is 1. The quantitative estimate of drug-likeness (QED) is 0.266. The molecule has 0 aliphatic heterocycles. The monoisotopic (exact) mass is 409 g/mol. The molecule has 4 atom stereocenters. The molecule has 11 heteroatoms. The molecular weight excluding hydrogens is 382 g/mol. The molecule has 154 valence electrons. The van der Waals surface area contributed by atoms with Crippen LogP contribution in [-0.4, -0.2) is 65.6 Å². The Kier molecular flexibility index (Phi) is 6.68. The molecule has 28 heavy (non-hydrogen) atoms. The van der Waals surface area contributed by atoms with Gasteiger partial charge in [-0.25, -0.2) is 14.6 Å². The largest absolute Gasteiger partial charge is 0.390 e. The molecule has 1 aliphatic rings. The summed E-state index contributed by atoms with van der Waals surface area (Å²) in [7, 11) is 0. The number of carbonyl (C=O) groups is 1. The summed E-state index contributed by atoms with van der Waals surface area (Å²) in [5, 5.41) is 32.9. The zero-order chi connectivity index (χ0) is 20.3. The fourth-order valence-electron chi connectivity index (χ4n) is 3.33. The van der Waals surface area contributed by atoms with E-state index in [1.54, 1.807) is 0 Å². The Labute approximate surface area is 167 Å². The lowest BCUT2D eigenvalue weighted by Crippen LogP contribution is -2.35. The number of fused-ring (bicyclic) bond motifs is 1. The number of amides is 1. The minimum atomic E-state index is -1.24. The van der Waals surface area contributed by atoms with E-state index in [2.05, 4.69) is 39.4 Å². The first-order valence-electron chi connectivity index (χ1n) is 9.62. The van der Waals surface area contributed by atoms with Crippen molar-refractivity contribution in [2.75, 3.05) is 17.6 Å². The summed E-state index contributed by atoms with van der Waals surface area (Å²) in [5.74, 6) is -0.00938. The number of rotatable bonds is 9. The third kappa shape index (κ3) is 4.06. The standard InChI is InChI=1S/C17H27N7O3S/c1-3-5-6-19-15-11-16(21-17(20-15)28-7-4-2)24(23-22-11)10-8-9(14(18)27)12(25)13(10)26/h9-10,12-13,25-26H,3-8H2,1-2H3,(H2,18,27)(H,19,20,21). The first-order chi connectivity index (χ1) is 13.5. The summed E-state index contributed by atoms with van der Waals surface area (Å²) in [6.45, 7) is 4.94. The Morgan fingerprint density at radius 1 is 1.29 bits per heavy atom. The number of hydrogen-bond donors (Lipinski definition) is 4. The highest BCUT2D eigenvalue weighted by Gasteiger charge is 2.46. The Hall–Kier alpha value is -1.98. The highest BCUT2D eigenvalue weighted by Crippen LogP contribution is 2.37. The van der Waals surface area contributed by atoms with Crippen LogP contribution in [0.3, 0.4) is 0 Å². The van der Waals surface area contributed by atoms with Crippen LogP contribution in [0.25, 0.3) is 11.2 Å². The van der Waals surface area contributed by atoms with Gasteiger partial charge in [-0.3, -0.25) is 4.79 Å². The predicted octanol–water partition coefficient (Wildman–Crippen LogP) is 0.703. The third-order valence-electron chi connectivity index (χ3n) is 4.89. The summed E-state index contributed by atoms with van der Waals surface area (Å²) in [6.07, 6.45) is 0.781. The summed E-state index contributed by atoms with van der Waals surface area (Å²) in [6, 6.07) is -0.639. The van der Waals surface area contributed by atoms with Gasteiger partial charge < -0.3 is 21.3 Å². The minimum Gasteiger partial charge on any atom is -0.390 e. The lowest BCUT2D eigenvalue weighted by Gasteiger charge is -2.16. The maximum absolute atomic E-state index is 11.6. The highest BCUT2D eigenvalue weighted by molar-refractivity contribution is 7.99. The van der Waals surface area contributed by atoms with E-state index < -0.39 is 30.1 Å². The minimum absolute atomic E-state index is 0.177. The van der Waals surface area contributed by atoms with Gasteiger partial charge in [0.15, 0.2) is 22.1 Å². The van der Waals surface area contributed by atoms with Crippen LogP contribution in [0.4, 0.5) is 5.82 Å². The molecule has 2 heterocycles. The van der Waals surface area contributed by atoms with Crippen molar-refractivity contribution in [3.8, 4) is 0 Å². The van der Waals surface area contributed by atoms with Crippen LogP contribution in [0.15, 0.2) is 5.16 Å². The second kappa shape index (κ2) is 9.01. The number of nitrogens with zero attached hydrogens (tertiary/aromatic N) is 5. The Morgan fingerprint density at radius 3 is 2.71 bits per heavy atom. The molecule has 4 unspecified atom stereocenters. The first kappa shape index (κ1) is 20.7. The van der Waals surface area contributed by atoms with E-state index >= 15 is 0 Å². The molecule has 3 rings (SSSR count). The molecule has 0 saturated heterocycles. The summed E-state index contributed by atoms with van der Waals surface area (Å²) < 4.78 is 1.48. The summed E-state index contributed by atoms with van der Waals surface area (Å²) in [4.78, 5) is 20.7. The van der Waals surface area contributed by atoms with Crippen LogP contribution in [0, 0.1) is 5.92 Å². The Balaban J connectivity index is 1.99. The van der Waals surface area contributed by atoms with Crippen molar-refractivity contribution < 1.29 is 15.0 Å². The van der Waals surface area contributed by atoms with Gasteiger partial charge in [-0.2, -0.15) is 0 Å². The van der Waals surface area contributed by atoms with Crippen LogP contribution < -0.4 is 11.1 Å². The van der Waals surface area contributed by atoms with E-state index in [0.717, 1.165) is 31.6 Å². The molecule has 1 amide bonds. The molecule has 0 radical (unpaired) electrons. The lowest BCUT2D eigenvalue weighted by molar-refractivity contribution is -0.125. The molecule has 1 fully saturated rings. The second-order valence-electron chi connectivity index (χ2n) is 6.98. The third-order valence-corrected chi connectivity index (χ3v) is 5.95. The van der Waals surface area contributed by atoms with E-state index in [1.807, 2.05) is 0 Å². The lowest BCUT2D eigenvalue weighted by atomic mass is 10.1. The zero-order valence-electron chi connectivity index (χ0n) is 16.1.